The number of aryl methyl sites for hydroxylation is 2. The van der Waals surface area contributed by atoms with Crippen molar-refractivity contribution in [3.8, 4) is 5.75 Å². The standard InChI is InChI=1S/C16H15Br2FO/c1-9-4-5-14(19)11(6-9)16(18)12-8-13(17)10(2)7-15(12)20-3/h4-8,16H,1-3H3. The molecule has 0 saturated carbocycles. The highest BCUT2D eigenvalue weighted by Crippen LogP contribution is 2.40. The summed E-state index contributed by atoms with van der Waals surface area (Å²) >= 11 is 7.10. The lowest BCUT2D eigenvalue weighted by molar-refractivity contribution is 0.410. The third-order valence-electron chi connectivity index (χ3n) is 3.21. The van der Waals surface area contributed by atoms with Crippen LogP contribution in [0.4, 0.5) is 4.39 Å². The van der Waals surface area contributed by atoms with Crippen molar-refractivity contribution < 1.29 is 9.13 Å². The molecule has 0 fully saturated rings. The second-order valence-corrected chi connectivity index (χ2v) is 6.50. The van der Waals surface area contributed by atoms with Crippen LogP contribution < -0.4 is 4.74 Å². The second kappa shape index (κ2) is 6.27. The minimum Gasteiger partial charge on any atom is -0.496 e. The summed E-state index contributed by atoms with van der Waals surface area (Å²) in [6, 6.07) is 9.02. The van der Waals surface area contributed by atoms with Gasteiger partial charge in [-0.05, 0) is 37.6 Å². The third-order valence-corrected chi connectivity index (χ3v) is 5.05. The summed E-state index contributed by atoms with van der Waals surface area (Å²) < 4.78 is 20.4. The predicted molar refractivity (Wildman–Crippen MR) is 87.3 cm³/mol. The highest BCUT2D eigenvalue weighted by Gasteiger charge is 2.20. The normalized spacial score (nSPS) is 12.3. The number of hydrogen-bond acceptors (Lipinski definition) is 1. The Morgan fingerprint density at radius 3 is 2.45 bits per heavy atom. The summed E-state index contributed by atoms with van der Waals surface area (Å²) in [5, 5.41) is 0. The molecule has 0 aliphatic heterocycles. The fraction of sp³-hybridized carbons (Fsp3) is 0.250. The van der Waals surface area contributed by atoms with Crippen molar-refractivity contribution in [2.24, 2.45) is 0 Å². The van der Waals surface area contributed by atoms with Gasteiger partial charge in [-0.3, -0.25) is 0 Å². The Morgan fingerprint density at radius 1 is 1.10 bits per heavy atom. The van der Waals surface area contributed by atoms with Crippen molar-refractivity contribution in [1.82, 2.24) is 0 Å². The van der Waals surface area contributed by atoms with Gasteiger partial charge >= 0.3 is 0 Å². The Morgan fingerprint density at radius 2 is 1.80 bits per heavy atom. The van der Waals surface area contributed by atoms with Crippen molar-refractivity contribution in [3.63, 3.8) is 0 Å². The molecule has 0 saturated heterocycles. The molecule has 106 valence electrons. The molecule has 0 bridgehead atoms. The Bertz CT molecular complexity index is 641. The van der Waals surface area contributed by atoms with E-state index in [1.807, 2.05) is 32.0 Å². The van der Waals surface area contributed by atoms with Crippen LogP contribution in [0, 0.1) is 19.7 Å². The third kappa shape index (κ3) is 3.07. The number of hydrogen-bond donors (Lipinski definition) is 0. The fourth-order valence-electron chi connectivity index (χ4n) is 2.07. The van der Waals surface area contributed by atoms with Gasteiger partial charge in [0, 0.05) is 15.6 Å². The highest BCUT2D eigenvalue weighted by atomic mass is 79.9. The van der Waals surface area contributed by atoms with E-state index in [0.717, 1.165) is 26.9 Å². The fourth-order valence-corrected chi connectivity index (χ4v) is 3.14. The molecule has 2 aromatic rings. The lowest BCUT2D eigenvalue weighted by Gasteiger charge is -2.17. The zero-order valence-electron chi connectivity index (χ0n) is 11.5. The molecule has 1 nitrogen and oxygen atoms in total. The van der Waals surface area contributed by atoms with Crippen LogP contribution in [-0.2, 0) is 0 Å². The molecule has 0 aliphatic carbocycles. The van der Waals surface area contributed by atoms with E-state index in [9.17, 15) is 4.39 Å². The maximum absolute atomic E-state index is 14.0. The Kier molecular flexibility index (Phi) is 4.86. The molecule has 2 aromatic carbocycles. The lowest BCUT2D eigenvalue weighted by Crippen LogP contribution is -2.01. The molecule has 0 spiro atoms. The molecule has 1 unspecified atom stereocenters. The first-order valence-corrected chi connectivity index (χ1v) is 7.89. The maximum Gasteiger partial charge on any atom is 0.127 e. The summed E-state index contributed by atoms with van der Waals surface area (Å²) in [5.74, 6) is 0.518. The van der Waals surface area contributed by atoms with Crippen LogP contribution >= 0.6 is 31.9 Å². The van der Waals surface area contributed by atoms with Crippen LogP contribution in [0.25, 0.3) is 0 Å². The van der Waals surface area contributed by atoms with Gasteiger partial charge in [0.1, 0.15) is 11.6 Å². The maximum atomic E-state index is 14.0. The number of benzene rings is 2. The van der Waals surface area contributed by atoms with E-state index in [1.165, 1.54) is 6.07 Å². The van der Waals surface area contributed by atoms with Gasteiger partial charge in [0.05, 0.1) is 11.9 Å². The van der Waals surface area contributed by atoms with Gasteiger partial charge in [0.2, 0.25) is 0 Å². The molecule has 0 amide bonds. The summed E-state index contributed by atoms with van der Waals surface area (Å²) in [6.07, 6.45) is 0. The first kappa shape index (κ1) is 15.5. The highest BCUT2D eigenvalue weighted by molar-refractivity contribution is 9.10. The van der Waals surface area contributed by atoms with Crippen molar-refractivity contribution in [2.45, 2.75) is 18.7 Å². The minimum atomic E-state index is -0.255. The van der Waals surface area contributed by atoms with Crippen LogP contribution in [-0.4, -0.2) is 7.11 Å². The van der Waals surface area contributed by atoms with Gasteiger partial charge in [-0.15, -0.1) is 0 Å². The first-order valence-electron chi connectivity index (χ1n) is 6.18. The minimum absolute atomic E-state index is 0.226. The molecule has 20 heavy (non-hydrogen) atoms. The van der Waals surface area contributed by atoms with Crippen LogP contribution in [0.15, 0.2) is 34.8 Å². The number of rotatable bonds is 3. The zero-order valence-corrected chi connectivity index (χ0v) is 14.7. The molecule has 4 heteroatoms. The van der Waals surface area contributed by atoms with Gasteiger partial charge in [0.25, 0.3) is 0 Å². The molecule has 0 aliphatic rings. The SMILES string of the molecule is COc1cc(C)c(Br)cc1C(Br)c1cc(C)ccc1F. The predicted octanol–water partition coefficient (Wildman–Crippen LogP) is 5.70. The average molecular weight is 402 g/mol. The van der Waals surface area contributed by atoms with Crippen molar-refractivity contribution in [2.75, 3.05) is 7.11 Å². The average Bonchev–Trinajstić information content (AvgIpc) is 2.43. The Balaban J connectivity index is 2.55. The largest absolute Gasteiger partial charge is 0.496 e. The van der Waals surface area contributed by atoms with E-state index in [2.05, 4.69) is 31.9 Å². The van der Waals surface area contributed by atoms with Crippen LogP contribution in [0.5, 0.6) is 5.75 Å². The first-order chi connectivity index (χ1) is 9.43. The molecule has 2 rings (SSSR count). The number of alkyl halides is 1. The van der Waals surface area contributed by atoms with Crippen molar-refractivity contribution >= 4 is 31.9 Å². The molecule has 0 heterocycles. The van der Waals surface area contributed by atoms with E-state index in [4.69, 9.17) is 4.74 Å². The van der Waals surface area contributed by atoms with E-state index >= 15 is 0 Å². The quantitative estimate of drug-likeness (QED) is 0.599. The Hall–Kier alpha value is -0.870. The molecule has 0 aromatic heterocycles. The van der Waals surface area contributed by atoms with Crippen LogP contribution in [0.3, 0.4) is 0 Å². The molecular formula is C16H15Br2FO. The summed E-state index contributed by atoms with van der Waals surface area (Å²) in [7, 11) is 1.62. The van der Waals surface area contributed by atoms with E-state index < -0.39 is 0 Å². The number of ether oxygens (including phenoxy) is 1. The lowest BCUT2D eigenvalue weighted by atomic mass is 10.0. The second-order valence-electron chi connectivity index (χ2n) is 4.73. The van der Waals surface area contributed by atoms with Crippen LogP contribution in [0.1, 0.15) is 27.1 Å². The monoisotopic (exact) mass is 400 g/mol. The zero-order chi connectivity index (χ0) is 14.9. The topological polar surface area (TPSA) is 9.23 Å². The van der Waals surface area contributed by atoms with Gasteiger partial charge in [-0.1, -0.05) is 49.6 Å². The van der Waals surface area contributed by atoms with Crippen LogP contribution in [0.2, 0.25) is 0 Å². The van der Waals surface area contributed by atoms with E-state index in [1.54, 1.807) is 13.2 Å². The molecular weight excluding hydrogens is 387 g/mol. The van der Waals surface area contributed by atoms with E-state index in [-0.39, 0.29) is 10.6 Å². The van der Waals surface area contributed by atoms with Gasteiger partial charge in [-0.25, -0.2) is 4.39 Å². The smallest absolute Gasteiger partial charge is 0.127 e. The van der Waals surface area contributed by atoms with Gasteiger partial charge in [-0.2, -0.15) is 0 Å². The van der Waals surface area contributed by atoms with E-state index in [0.29, 0.717) is 5.56 Å². The summed E-state index contributed by atoms with van der Waals surface area (Å²) in [6.45, 7) is 3.94. The van der Waals surface area contributed by atoms with Crippen molar-refractivity contribution in [1.29, 1.82) is 0 Å². The summed E-state index contributed by atoms with van der Waals surface area (Å²) in [4.78, 5) is -0.255. The van der Waals surface area contributed by atoms with Crippen molar-refractivity contribution in [3.05, 3.63) is 62.9 Å². The van der Waals surface area contributed by atoms with Gasteiger partial charge in [0.15, 0.2) is 0 Å². The summed E-state index contributed by atoms with van der Waals surface area (Å²) in [5.41, 5.74) is 3.61. The molecule has 0 N–H and O–H groups in total. The van der Waals surface area contributed by atoms with Gasteiger partial charge < -0.3 is 4.74 Å². The molecule has 1 atom stereocenters. The molecule has 0 radical (unpaired) electrons. The number of methoxy groups -OCH3 is 1. The number of halogens is 3. The Labute approximate surface area is 135 Å².